The summed E-state index contributed by atoms with van der Waals surface area (Å²) in [6, 6.07) is 1.25. The van der Waals surface area contributed by atoms with Crippen molar-refractivity contribution in [3.63, 3.8) is 0 Å². The number of hydrogen-bond donors (Lipinski definition) is 3. The van der Waals surface area contributed by atoms with Gasteiger partial charge in [0.05, 0.1) is 30.3 Å². The van der Waals surface area contributed by atoms with Crippen molar-refractivity contribution in [3.8, 4) is 17.1 Å². The number of alkyl halides is 2. The second-order valence-corrected chi connectivity index (χ2v) is 6.80. The molecule has 9 nitrogen and oxygen atoms in total. The molecule has 0 saturated heterocycles. The highest BCUT2D eigenvalue weighted by Crippen LogP contribution is 2.47. The lowest BCUT2D eigenvalue weighted by Gasteiger charge is -2.34. The van der Waals surface area contributed by atoms with E-state index in [9.17, 15) is 9.18 Å². The van der Waals surface area contributed by atoms with Gasteiger partial charge in [0.1, 0.15) is 17.6 Å². The first kappa shape index (κ1) is 20.3. The van der Waals surface area contributed by atoms with Crippen LogP contribution in [-0.4, -0.2) is 33.0 Å². The van der Waals surface area contributed by atoms with Crippen LogP contribution in [0.15, 0.2) is 24.4 Å². The number of nitrogen functional groups attached to an aromatic ring is 2. The number of fused-ring (bicyclic) bond motifs is 1. The van der Waals surface area contributed by atoms with E-state index < -0.39 is 35.3 Å². The van der Waals surface area contributed by atoms with Crippen LogP contribution in [0.1, 0.15) is 33.4 Å². The number of ether oxygens (including phenoxy) is 1. The molecule has 1 aliphatic rings. The molecule has 1 atom stereocenters. The summed E-state index contributed by atoms with van der Waals surface area (Å²) in [4.78, 5) is 28.1. The second kappa shape index (κ2) is 7.07. The zero-order valence-electron chi connectivity index (χ0n) is 16.3. The van der Waals surface area contributed by atoms with Crippen molar-refractivity contribution in [2.75, 3.05) is 18.6 Å². The van der Waals surface area contributed by atoms with Crippen LogP contribution in [-0.2, 0) is 5.92 Å². The van der Waals surface area contributed by atoms with E-state index >= 15 is 8.78 Å². The van der Waals surface area contributed by atoms with E-state index in [0.717, 1.165) is 18.2 Å². The Kier molecular flexibility index (Phi) is 4.64. The van der Waals surface area contributed by atoms with Crippen molar-refractivity contribution in [2.45, 2.75) is 18.9 Å². The van der Waals surface area contributed by atoms with Gasteiger partial charge >= 0.3 is 5.92 Å². The molecule has 0 aliphatic carbocycles. The Labute approximate surface area is 173 Å². The number of amides is 1. The van der Waals surface area contributed by atoms with Gasteiger partial charge in [-0.05, 0) is 24.6 Å². The SMILES string of the molecule is COc1nc(-c2cc(F)ccc2[C@@H]2NC(=O)c3c(C)nc(N)nc3C2(F)F)cnc1N. The average Bonchev–Trinajstić information content (AvgIpc) is 2.71. The van der Waals surface area contributed by atoms with Crippen LogP contribution >= 0.6 is 0 Å². The standard InChI is InChI=1S/C19H16F3N7O2/c1-7-12-14(29-18(24)26-7)19(21,22)13(28-16(12)30)9-4-3-8(20)5-10(9)11-6-25-15(23)17(27-11)31-2/h3-6,13H,1-2H3,(H2,23,25)(H,28,30)(H2,24,26,29)/t13-/m0/s1. The fourth-order valence-electron chi connectivity index (χ4n) is 3.47. The quantitative estimate of drug-likeness (QED) is 0.573. The number of methoxy groups -OCH3 is 1. The maximum absolute atomic E-state index is 15.6. The molecule has 31 heavy (non-hydrogen) atoms. The number of nitrogens with zero attached hydrogens (tertiary/aromatic N) is 4. The Bertz CT molecular complexity index is 1220. The minimum atomic E-state index is -3.69. The van der Waals surface area contributed by atoms with E-state index in [4.69, 9.17) is 16.2 Å². The number of rotatable bonds is 3. The smallest absolute Gasteiger partial charge is 0.314 e. The van der Waals surface area contributed by atoms with E-state index in [-0.39, 0.29) is 39.8 Å². The molecular weight excluding hydrogens is 415 g/mol. The third kappa shape index (κ3) is 3.25. The van der Waals surface area contributed by atoms with Crippen molar-refractivity contribution in [1.29, 1.82) is 0 Å². The number of carbonyl (C=O) groups excluding carboxylic acids is 1. The summed E-state index contributed by atoms with van der Waals surface area (Å²) in [5.41, 5.74) is 9.94. The van der Waals surface area contributed by atoms with E-state index in [2.05, 4.69) is 25.3 Å². The van der Waals surface area contributed by atoms with Gasteiger partial charge in [-0.25, -0.2) is 24.3 Å². The predicted octanol–water partition coefficient (Wildman–Crippen LogP) is 2.13. The van der Waals surface area contributed by atoms with E-state index in [1.165, 1.54) is 20.2 Å². The maximum Gasteiger partial charge on any atom is 0.314 e. The van der Waals surface area contributed by atoms with Gasteiger partial charge in [0.15, 0.2) is 5.82 Å². The van der Waals surface area contributed by atoms with Gasteiger partial charge in [0.2, 0.25) is 5.95 Å². The zero-order chi connectivity index (χ0) is 22.5. The molecule has 1 amide bonds. The Hall–Kier alpha value is -3.96. The molecule has 0 fully saturated rings. The lowest BCUT2D eigenvalue weighted by molar-refractivity contribution is -0.0526. The van der Waals surface area contributed by atoms with Crippen LogP contribution in [0.3, 0.4) is 0 Å². The van der Waals surface area contributed by atoms with Gasteiger partial charge < -0.3 is 21.5 Å². The molecule has 1 aliphatic heterocycles. The Morgan fingerprint density at radius 1 is 1.19 bits per heavy atom. The fourth-order valence-corrected chi connectivity index (χ4v) is 3.47. The summed E-state index contributed by atoms with van der Waals surface area (Å²) >= 11 is 0. The van der Waals surface area contributed by atoms with Crippen molar-refractivity contribution in [2.24, 2.45) is 0 Å². The maximum atomic E-state index is 15.6. The summed E-state index contributed by atoms with van der Waals surface area (Å²) in [5, 5.41) is 2.27. The molecule has 0 bridgehead atoms. The number of aryl methyl sites for hydroxylation is 1. The average molecular weight is 431 g/mol. The summed E-state index contributed by atoms with van der Waals surface area (Å²) in [6.45, 7) is 1.38. The fraction of sp³-hybridized carbons (Fsp3) is 0.211. The van der Waals surface area contributed by atoms with Gasteiger partial charge in [0, 0.05) is 5.56 Å². The summed E-state index contributed by atoms with van der Waals surface area (Å²) < 4.78 is 50.2. The first-order valence-corrected chi connectivity index (χ1v) is 8.93. The van der Waals surface area contributed by atoms with E-state index in [0.29, 0.717) is 0 Å². The van der Waals surface area contributed by atoms with Crippen LogP contribution in [0, 0.1) is 12.7 Å². The highest BCUT2D eigenvalue weighted by atomic mass is 19.3. The number of hydrogen-bond acceptors (Lipinski definition) is 8. The van der Waals surface area contributed by atoms with Gasteiger partial charge in [-0.1, -0.05) is 6.07 Å². The molecule has 4 rings (SSSR count). The third-order valence-electron chi connectivity index (χ3n) is 4.85. The number of halogens is 3. The van der Waals surface area contributed by atoms with Gasteiger partial charge in [-0.2, -0.15) is 8.78 Å². The first-order valence-electron chi connectivity index (χ1n) is 8.93. The van der Waals surface area contributed by atoms with Crippen molar-refractivity contribution in [1.82, 2.24) is 25.3 Å². The Balaban J connectivity index is 1.92. The number of anilines is 2. The molecule has 1 aromatic carbocycles. The van der Waals surface area contributed by atoms with Crippen LogP contribution in [0.2, 0.25) is 0 Å². The van der Waals surface area contributed by atoms with Crippen molar-refractivity contribution >= 4 is 17.7 Å². The molecule has 3 heterocycles. The monoisotopic (exact) mass is 431 g/mol. The summed E-state index contributed by atoms with van der Waals surface area (Å²) in [5.74, 6) is -5.68. The summed E-state index contributed by atoms with van der Waals surface area (Å²) in [6.07, 6.45) is 1.19. The van der Waals surface area contributed by atoms with Gasteiger partial charge in [-0.3, -0.25) is 4.79 Å². The van der Waals surface area contributed by atoms with Gasteiger partial charge in [-0.15, -0.1) is 0 Å². The van der Waals surface area contributed by atoms with Crippen LogP contribution in [0.4, 0.5) is 24.9 Å². The first-order chi connectivity index (χ1) is 14.6. The molecule has 0 radical (unpaired) electrons. The van der Waals surface area contributed by atoms with Crippen LogP contribution in [0.25, 0.3) is 11.3 Å². The van der Waals surface area contributed by atoms with Crippen LogP contribution in [0.5, 0.6) is 5.88 Å². The van der Waals surface area contributed by atoms with E-state index in [1.54, 1.807) is 0 Å². The highest BCUT2D eigenvalue weighted by molar-refractivity contribution is 5.98. The highest BCUT2D eigenvalue weighted by Gasteiger charge is 2.52. The number of aromatic nitrogens is 4. The lowest BCUT2D eigenvalue weighted by Crippen LogP contribution is -2.46. The minimum absolute atomic E-state index is 0.0200. The molecule has 0 unspecified atom stereocenters. The number of carbonyl (C=O) groups is 1. The lowest BCUT2D eigenvalue weighted by atomic mass is 9.87. The second-order valence-electron chi connectivity index (χ2n) is 6.80. The largest absolute Gasteiger partial charge is 0.478 e. The van der Waals surface area contributed by atoms with Gasteiger partial charge in [0.25, 0.3) is 11.8 Å². The normalized spacial score (nSPS) is 17.1. The topological polar surface area (TPSA) is 142 Å². The Morgan fingerprint density at radius 3 is 2.65 bits per heavy atom. The molecule has 12 heteroatoms. The molecule has 0 spiro atoms. The Morgan fingerprint density at radius 2 is 1.94 bits per heavy atom. The van der Waals surface area contributed by atoms with E-state index in [1.807, 2.05) is 0 Å². The van der Waals surface area contributed by atoms with Crippen LogP contribution < -0.4 is 21.5 Å². The van der Waals surface area contributed by atoms with Crippen molar-refractivity contribution in [3.05, 3.63) is 52.7 Å². The molecule has 5 N–H and O–H groups in total. The molecule has 3 aromatic rings. The third-order valence-corrected chi connectivity index (χ3v) is 4.85. The predicted molar refractivity (Wildman–Crippen MR) is 104 cm³/mol. The number of nitrogens with one attached hydrogen (secondary N) is 1. The van der Waals surface area contributed by atoms with Crippen molar-refractivity contribution < 1.29 is 22.7 Å². The summed E-state index contributed by atoms with van der Waals surface area (Å²) in [7, 11) is 1.30. The minimum Gasteiger partial charge on any atom is -0.478 e. The molecular formula is C19H16F3N7O2. The molecule has 0 saturated carbocycles. The number of nitrogens with two attached hydrogens (primary N) is 2. The number of benzene rings is 1. The zero-order valence-corrected chi connectivity index (χ0v) is 16.3. The molecule has 160 valence electrons. The molecule has 2 aromatic heterocycles.